The van der Waals surface area contributed by atoms with E-state index in [1.165, 1.54) is 32.2 Å². The summed E-state index contributed by atoms with van der Waals surface area (Å²) in [7, 11) is 4.16. The molecule has 32 heavy (non-hydrogen) atoms. The number of rotatable bonds is 10. The summed E-state index contributed by atoms with van der Waals surface area (Å²) in [6, 6.07) is 17.1. The van der Waals surface area contributed by atoms with Gasteiger partial charge in [-0.3, -0.25) is 0 Å². The van der Waals surface area contributed by atoms with Crippen molar-refractivity contribution in [2.24, 2.45) is 0 Å². The van der Waals surface area contributed by atoms with Crippen LogP contribution in [0.25, 0.3) is 0 Å². The van der Waals surface area contributed by atoms with Gasteiger partial charge in [-0.05, 0) is 64.2 Å². The zero-order valence-corrected chi connectivity index (χ0v) is 20.7. The summed E-state index contributed by atoms with van der Waals surface area (Å²) in [5.74, 6) is 1.78. The first-order chi connectivity index (χ1) is 15.6. The van der Waals surface area contributed by atoms with E-state index in [1.807, 2.05) is 43.4 Å². The molecular formula is C27H43N3O2. The summed E-state index contributed by atoms with van der Waals surface area (Å²) in [4.78, 5) is 2.41. The van der Waals surface area contributed by atoms with Crippen LogP contribution in [0.4, 0.5) is 11.4 Å². The van der Waals surface area contributed by atoms with Gasteiger partial charge in [-0.1, -0.05) is 45.7 Å². The maximum absolute atomic E-state index is 6.09. The second kappa shape index (κ2) is 14.8. The standard InChI is InChI=1S/C24H35N3O2.C3H8/c1-4-19(25-2)17-28-23-12-7-9-20(15-23)26-21-10-8-13-24(16-21)29-18-22-11-5-6-14-27(22)3;1-3-2/h7-10,12-13,15-16,19,22,25-26H,4-6,11,14,17-18H2,1-3H3;3H2,1-2H3. The smallest absolute Gasteiger partial charge is 0.121 e. The maximum Gasteiger partial charge on any atom is 0.121 e. The number of benzene rings is 2. The van der Waals surface area contributed by atoms with Crippen molar-refractivity contribution in [2.45, 2.75) is 65.0 Å². The largest absolute Gasteiger partial charge is 0.492 e. The van der Waals surface area contributed by atoms with Crippen molar-refractivity contribution < 1.29 is 9.47 Å². The van der Waals surface area contributed by atoms with E-state index in [0.717, 1.165) is 35.9 Å². The molecule has 2 atom stereocenters. The molecule has 1 heterocycles. The number of nitrogens with zero attached hydrogens (tertiary/aromatic N) is 1. The molecule has 3 rings (SSSR count). The molecule has 5 heteroatoms. The molecule has 0 bridgehead atoms. The van der Waals surface area contributed by atoms with Crippen LogP contribution in [0.5, 0.6) is 11.5 Å². The highest BCUT2D eigenvalue weighted by atomic mass is 16.5. The van der Waals surface area contributed by atoms with Crippen LogP contribution in [-0.2, 0) is 0 Å². The number of likely N-dealkylation sites (N-methyl/N-ethyl adjacent to an activating group) is 2. The zero-order valence-electron chi connectivity index (χ0n) is 20.7. The summed E-state index contributed by atoms with van der Waals surface area (Å²) >= 11 is 0. The highest BCUT2D eigenvalue weighted by Gasteiger charge is 2.19. The van der Waals surface area contributed by atoms with Crippen LogP contribution in [0.3, 0.4) is 0 Å². The van der Waals surface area contributed by atoms with Crippen LogP contribution >= 0.6 is 0 Å². The number of likely N-dealkylation sites (tertiary alicyclic amines) is 1. The predicted octanol–water partition coefficient (Wildman–Crippen LogP) is 6.09. The molecule has 0 aliphatic carbocycles. The Labute approximate surface area is 195 Å². The third kappa shape index (κ3) is 9.09. The Bertz CT molecular complexity index is 764. The van der Waals surface area contributed by atoms with E-state index < -0.39 is 0 Å². The monoisotopic (exact) mass is 441 g/mol. The van der Waals surface area contributed by atoms with Crippen molar-refractivity contribution in [1.82, 2.24) is 10.2 Å². The normalized spacial score (nSPS) is 17.1. The van der Waals surface area contributed by atoms with E-state index in [0.29, 0.717) is 18.7 Å². The van der Waals surface area contributed by atoms with E-state index in [2.05, 4.69) is 55.5 Å². The Kier molecular flexibility index (Phi) is 12.0. The SMILES string of the molecule is CCC.CCC(COc1cccc(Nc2cccc(OCC3CCCCN3C)c2)c1)NC. The van der Waals surface area contributed by atoms with Crippen molar-refractivity contribution in [3.05, 3.63) is 48.5 Å². The highest BCUT2D eigenvalue weighted by Crippen LogP contribution is 2.25. The van der Waals surface area contributed by atoms with Crippen LogP contribution in [0, 0.1) is 0 Å². The quantitative estimate of drug-likeness (QED) is 0.467. The number of piperidine rings is 1. The van der Waals surface area contributed by atoms with Crippen molar-refractivity contribution in [1.29, 1.82) is 0 Å². The van der Waals surface area contributed by atoms with Crippen LogP contribution in [0.15, 0.2) is 48.5 Å². The zero-order chi connectivity index (χ0) is 23.2. The van der Waals surface area contributed by atoms with Crippen LogP contribution in [0.2, 0.25) is 0 Å². The molecule has 0 amide bonds. The minimum atomic E-state index is 0.364. The van der Waals surface area contributed by atoms with Gasteiger partial charge in [0.15, 0.2) is 0 Å². The van der Waals surface area contributed by atoms with E-state index in [4.69, 9.17) is 9.47 Å². The van der Waals surface area contributed by atoms with Crippen LogP contribution < -0.4 is 20.1 Å². The summed E-state index contributed by atoms with van der Waals surface area (Å²) < 4.78 is 12.0. The molecule has 1 fully saturated rings. The van der Waals surface area contributed by atoms with E-state index >= 15 is 0 Å². The second-order valence-corrected chi connectivity index (χ2v) is 8.53. The third-order valence-corrected chi connectivity index (χ3v) is 5.67. The fourth-order valence-corrected chi connectivity index (χ4v) is 3.64. The lowest BCUT2D eigenvalue weighted by Gasteiger charge is -2.32. The van der Waals surface area contributed by atoms with E-state index in [-0.39, 0.29) is 0 Å². The molecule has 178 valence electrons. The van der Waals surface area contributed by atoms with Crippen molar-refractivity contribution in [2.75, 3.05) is 39.2 Å². The first-order valence-corrected chi connectivity index (χ1v) is 12.2. The Morgan fingerprint density at radius 2 is 1.59 bits per heavy atom. The first kappa shape index (κ1) is 26.0. The Morgan fingerprint density at radius 1 is 0.969 bits per heavy atom. The Balaban J connectivity index is 0.00000114. The highest BCUT2D eigenvalue weighted by molar-refractivity contribution is 5.62. The molecule has 2 aromatic rings. The van der Waals surface area contributed by atoms with E-state index in [9.17, 15) is 0 Å². The molecule has 0 aromatic heterocycles. The van der Waals surface area contributed by atoms with Gasteiger partial charge in [0.05, 0.1) is 0 Å². The lowest BCUT2D eigenvalue weighted by molar-refractivity contribution is 0.125. The predicted molar refractivity (Wildman–Crippen MR) is 137 cm³/mol. The molecule has 1 aliphatic rings. The Hall–Kier alpha value is -2.24. The molecule has 0 spiro atoms. The van der Waals surface area contributed by atoms with Crippen LogP contribution in [0.1, 0.15) is 52.9 Å². The summed E-state index contributed by atoms with van der Waals surface area (Å²) in [6.07, 6.45) is 6.10. The molecule has 1 aliphatic heterocycles. The maximum atomic E-state index is 6.09. The minimum absolute atomic E-state index is 0.364. The van der Waals surface area contributed by atoms with Gasteiger partial charge >= 0.3 is 0 Å². The molecule has 2 unspecified atom stereocenters. The molecule has 1 saturated heterocycles. The summed E-state index contributed by atoms with van der Waals surface area (Å²) in [5.41, 5.74) is 2.02. The van der Waals surface area contributed by atoms with Crippen molar-refractivity contribution >= 4 is 11.4 Å². The number of nitrogens with one attached hydrogen (secondary N) is 2. The molecule has 2 N–H and O–H groups in total. The number of hydrogen-bond acceptors (Lipinski definition) is 5. The summed E-state index contributed by atoms with van der Waals surface area (Å²) in [6.45, 7) is 8.98. The molecular weight excluding hydrogens is 398 g/mol. The van der Waals surface area contributed by atoms with Gasteiger partial charge in [0, 0.05) is 35.6 Å². The third-order valence-electron chi connectivity index (χ3n) is 5.67. The molecule has 5 nitrogen and oxygen atoms in total. The minimum Gasteiger partial charge on any atom is -0.492 e. The lowest BCUT2D eigenvalue weighted by atomic mass is 10.0. The van der Waals surface area contributed by atoms with E-state index in [1.54, 1.807) is 0 Å². The van der Waals surface area contributed by atoms with Gasteiger partial charge in [0.1, 0.15) is 24.7 Å². The van der Waals surface area contributed by atoms with Gasteiger partial charge < -0.3 is 25.0 Å². The molecule has 2 aromatic carbocycles. The average Bonchev–Trinajstić information content (AvgIpc) is 2.80. The first-order valence-electron chi connectivity index (χ1n) is 12.2. The van der Waals surface area contributed by atoms with Gasteiger partial charge in [0.2, 0.25) is 0 Å². The van der Waals surface area contributed by atoms with Gasteiger partial charge in [-0.2, -0.15) is 0 Å². The second-order valence-electron chi connectivity index (χ2n) is 8.53. The number of anilines is 2. The summed E-state index contributed by atoms with van der Waals surface area (Å²) in [5, 5.41) is 6.72. The van der Waals surface area contributed by atoms with Gasteiger partial charge in [0.25, 0.3) is 0 Å². The molecule has 0 radical (unpaired) electrons. The average molecular weight is 442 g/mol. The fourth-order valence-electron chi connectivity index (χ4n) is 3.64. The van der Waals surface area contributed by atoms with Crippen molar-refractivity contribution in [3.63, 3.8) is 0 Å². The van der Waals surface area contributed by atoms with Crippen molar-refractivity contribution in [3.8, 4) is 11.5 Å². The lowest BCUT2D eigenvalue weighted by Crippen LogP contribution is -2.40. The van der Waals surface area contributed by atoms with Gasteiger partial charge in [-0.15, -0.1) is 0 Å². The fraction of sp³-hybridized carbons (Fsp3) is 0.556. The topological polar surface area (TPSA) is 45.8 Å². The Morgan fingerprint density at radius 3 is 2.16 bits per heavy atom. The van der Waals surface area contributed by atoms with Crippen LogP contribution in [-0.4, -0.2) is 50.8 Å². The molecule has 0 saturated carbocycles. The number of ether oxygens (including phenoxy) is 2. The van der Waals surface area contributed by atoms with Gasteiger partial charge in [-0.25, -0.2) is 0 Å². The number of hydrogen-bond donors (Lipinski definition) is 2.